The maximum atomic E-state index is 9.38. The van der Waals surface area contributed by atoms with Gasteiger partial charge in [-0.05, 0) is 59.0 Å². The van der Waals surface area contributed by atoms with Gasteiger partial charge in [0.15, 0.2) is 0 Å². The Bertz CT molecular complexity index is 286. The van der Waals surface area contributed by atoms with Crippen LogP contribution in [0.3, 0.4) is 0 Å². The van der Waals surface area contributed by atoms with Gasteiger partial charge in [-0.2, -0.15) is 11.8 Å². The summed E-state index contributed by atoms with van der Waals surface area (Å²) in [6.45, 7) is 2.03. The van der Waals surface area contributed by atoms with Crippen molar-refractivity contribution in [3.05, 3.63) is 26.8 Å². The number of thioether (sulfide) groups is 1. The lowest BCUT2D eigenvalue weighted by atomic mass is 10.1. The number of hydrogen-bond acceptors (Lipinski definition) is 2. The number of benzene rings is 1. The zero-order valence-corrected chi connectivity index (χ0v) is 10.1. The molecule has 0 fully saturated rings. The molecule has 66 valence electrons. The first-order valence-corrected chi connectivity index (χ1v) is 6.09. The van der Waals surface area contributed by atoms with Crippen molar-refractivity contribution in [3.63, 3.8) is 0 Å². The Hall–Kier alpha value is 0.1000. The van der Waals surface area contributed by atoms with Crippen molar-refractivity contribution in [1.82, 2.24) is 0 Å². The van der Waals surface area contributed by atoms with E-state index in [4.69, 9.17) is 0 Å². The summed E-state index contributed by atoms with van der Waals surface area (Å²) in [6, 6.07) is 3.87. The molecule has 0 spiro atoms. The molecule has 0 aliphatic rings. The fourth-order valence-electron chi connectivity index (χ4n) is 1.02. The van der Waals surface area contributed by atoms with Gasteiger partial charge in [0.1, 0.15) is 5.75 Å². The highest BCUT2D eigenvalue weighted by Gasteiger charge is 2.03. The average molecular weight is 294 g/mol. The third-order valence-electron chi connectivity index (χ3n) is 1.71. The Morgan fingerprint density at radius 3 is 2.75 bits per heavy atom. The zero-order valence-electron chi connectivity index (χ0n) is 7.10. The molecule has 0 amide bonds. The number of halogens is 1. The van der Waals surface area contributed by atoms with Crippen LogP contribution < -0.4 is 0 Å². The minimum Gasteiger partial charge on any atom is -0.507 e. The maximum absolute atomic E-state index is 9.38. The van der Waals surface area contributed by atoms with Crippen LogP contribution in [0, 0.1) is 10.5 Å². The van der Waals surface area contributed by atoms with E-state index in [1.54, 1.807) is 11.8 Å². The van der Waals surface area contributed by atoms with Crippen LogP contribution in [0.15, 0.2) is 12.1 Å². The highest BCUT2D eigenvalue weighted by Crippen LogP contribution is 2.25. The monoisotopic (exact) mass is 294 g/mol. The first-order chi connectivity index (χ1) is 5.65. The fraction of sp³-hybridized carbons (Fsp3) is 0.333. The van der Waals surface area contributed by atoms with Gasteiger partial charge in [0, 0.05) is 5.75 Å². The van der Waals surface area contributed by atoms with E-state index in [2.05, 4.69) is 28.8 Å². The van der Waals surface area contributed by atoms with E-state index in [-0.39, 0.29) is 0 Å². The van der Waals surface area contributed by atoms with Crippen LogP contribution in [-0.2, 0) is 5.75 Å². The lowest BCUT2D eigenvalue weighted by Crippen LogP contribution is -1.87. The van der Waals surface area contributed by atoms with E-state index >= 15 is 0 Å². The Morgan fingerprint density at radius 1 is 1.50 bits per heavy atom. The van der Waals surface area contributed by atoms with Gasteiger partial charge in [0.05, 0.1) is 3.57 Å². The highest BCUT2D eigenvalue weighted by molar-refractivity contribution is 14.1. The van der Waals surface area contributed by atoms with Crippen LogP contribution in [0.1, 0.15) is 11.1 Å². The molecule has 0 aliphatic carbocycles. The SMILES string of the molecule is CSCc1cc(I)c(O)cc1C. The van der Waals surface area contributed by atoms with Crippen LogP contribution in [0.2, 0.25) is 0 Å². The molecule has 0 saturated carbocycles. The molecule has 0 heterocycles. The summed E-state index contributed by atoms with van der Waals surface area (Å²) in [7, 11) is 0. The molecule has 0 unspecified atom stereocenters. The van der Waals surface area contributed by atoms with Gasteiger partial charge in [-0.15, -0.1) is 0 Å². The van der Waals surface area contributed by atoms with Crippen LogP contribution in [-0.4, -0.2) is 11.4 Å². The van der Waals surface area contributed by atoms with Crippen LogP contribution in [0.4, 0.5) is 0 Å². The molecule has 0 aromatic heterocycles. The predicted octanol–water partition coefficient (Wildman–Crippen LogP) is 3.17. The van der Waals surface area contributed by atoms with E-state index in [1.165, 1.54) is 11.1 Å². The number of rotatable bonds is 2. The summed E-state index contributed by atoms with van der Waals surface area (Å²) in [6.07, 6.45) is 2.08. The van der Waals surface area contributed by atoms with Crippen molar-refractivity contribution in [3.8, 4) is 5.75 Å². The van der Waals surface area contributed by atoms with E-state index in [0.717, 1.165) is 9.32 Å². The molecule has 0 atom stereocenters. The molecule has 0 radical (unpaired) electrons. The molecule has 1 N–H and O–H groups in total. The second-order valence-corrected chi connectivity index (χ2v) is 4.69. The average Bonchev–Trinajstić information content (AvgIpc) is 2.01. The first kappa shape index (κ1) is 10.2. The van der Waals surface area contributed by atoms with Crippen molar-refractivity contribution in [1.29, 1.82) is 0 Å². The lowest BCUT2D eigenvalue weighted by molar-refractivity contribution is 0.471. The standard InChI is InChI=1S/C9H11IOS/c1-6-3-9(11)8(10)4-7(6)5-12-2/h3-4,11H,5H2,1-2H3. The Kier molecular flexibility index (Phi) is 3.71. The predicted molar refractivity (Wildman–Crippen MR) is 62.8 cm³/mol. The molecule has 1 aromatic carbocycles. The summed E-state index contributed by atoms with van der Waals surface area (Å²) in [5, 5.41) is 9.38. The smallest absolute Gasteiger partial charge is 0.129 e. The van der Waals surface area contributed by atoms with Gasteiger partial charge in [-0.3, -0.25) is 0 Å². The van der Waals surface area contributed by atoms with Crippen molar-refractivity contribution >= 4 is 34.4 Å². The fourth-order valence-corrected chi connectivity index (χ4v) is 2.17. The minimum atomic E-state index is 0.387. The van der Waals surface area contributed by atoms with Crippen LogP contribution >= 0.6 is 34.4 Å². The summed E-state index contributed by atoms with van der Waals surface area (Å²) < 4.78 is 0.933. The van der Waals surface area contributed by atoms with Gasteiger partial charge in [0.25, 0.3) is 0 Å². The Morgan fingerprint density at radius 2 is 2.17 bits per heavy atom. The van der Waals surface area contributed by atoms with Crippen molar-refractivity contribution in [2.75, 3.05) is 6.26 Å². The highest BCUT2D eigenvalue weighted by atomic mass is 127. The molecule has 1 rings (SSSR count). The summed E-state index contributed by atoms with van der Waals surface area (Å²) in [5.41, 5.74) is 2.48. The van der Waals surface area contributed by atoms with Crippen LogP contribution in [0.25, 0.3) is 0 Å². The summed E-state index contributed by atoms with van der Waals surface area (Å²) in [4.78, 5) is 0. The Balaban J connectivity index is 3.05. The third kappa shape index (κ3) is 2.29. The number of aromatic hydroxyl groups is 1. The molecule has 0 bridgehead atoms. The molecular weight excluding hydrogens is 283 g/mol. The van der Waals surface area contributed by atoms with E-state index < -0.39 is 0 Å². The van der Waals surface area contributed by atoms with Crippen LogP contribution in [0.5, 0.6) is 5.75 Å². The third-order valence-corrected chi connectivity index (χ3v) is 3.17. The normalized spacial score (nSPS) is 10.2. The van der Waals surface area contributed by atoms with E-state index in [1.807, 2.05) is 19.1 Å². The Labute approximate surface area is 90.7 Å². The topological polar surface area (TPSA) is 20.2 Å². The van der Waals surface area contributed by atoms with Gasteiger partial charge < -0.3 is 5.11 Å². The van der Waals surface area contributed by atoms with Crippen molar-refractivity contribution in [2.24, 2.45) is 0 Å². The zero-order chi connectivity index (χ0) is 9.14. The van der Waals surface area contributed by atoms with Crippen molar-refractivity contribution in [2.45, 2.75) is 12.7 Å². The number of phenolic OH excluding ortho intramolecular Hbond substituents is 1. The maximum Gasteiger partial charge on any atom is 0.129 e. The second-order valence-electron chi connectivity index (χ2n) is 2.66. The van der Waals surface area contributed by atoms with Gasteiger partial charge >= 0.3 is 0 Å². The number of aryl methyl sites for hydroxylation is 1. The van der Waals surface area contributed by atoms with Gasteiger partial charge in [-0.25, -0.2) is 0 Å². The summed E-state index contributed by atoms with van der Waals surface area (Å²) >= 11 is 3.95. The van der Waals surface area contributed by atoms with Gasteiger partial charge in [-0.1, -0.05) is 0 Å². The first-order valence-electron chi connectivity index (χ1n) is 3.62. The van der Waals surface area contributed by atoms with E-state index in [9.17, 15) is 5.11 Å². The number of hydrogen-bond donors (Lipinski definition) is 1. The molecule has 12 heavy (non-hydrogen) atoms. The second kappa shape index (κ2) is 4.37. The molecule has 1 aromatic rings. The largest absolute Gasteiger partial charge is 0.507 e. The summed E-state index contributed by atoms with van der Waals surface area (Å²) in [5.74, 6) is 1.40. The quantitative estimate of drug-likeness (QED) is 0.845. The van der Waals surface area contributed by atoms with Crippen molar-refractivity contribution < 1.29 is 5.11 Å². The molecule has 0 saturated heterocycles. The molecule has 0 aliphatic heterocycles. The minimum absolute atomic E-state index is 0.387. The molecule has 1 nitrogen and oxygen atoms in total. The van der Waals surface area contributed by atoms with E-state index in [0.29, 0.717) is 5.75 Å². The number of phenols is 1. The van der Waals surface area contributed by atoms with Gasteiger partial charge in [0.2, 0.25) is 0 Å². The molecular formula is C9H11IOS. The lowest BCUT2D eigenvalue weighted by Gasteiger charge is -2.05. The molecule has 3 heteroatoms.